The zero-order valence-electron chi connectivity index (χ0n) is 10.8. The van der Waals surface area contributed by atoms with Gasteiger partial charge in [-0.25, -0.2) is 17.9 Å². The van der Waals surface area contributed by atoms with Crippen LogP contribution in [0.1, 0.15) is 19.3 Å². The molecule has 0 heterocycles. The molecule has 0 spiro atoms. The summed E-state index contributed by atoms with van der Waals surface area (Å²) in [6.07, 6.45) is 1.29. The molecule has 0 saturated heterocycles. The van der Waals surface area contributed by atoms with E-state index < -0.39 is 31.3 Å². The van der Waals surface area contributed by atoms with Crippen molar-refractivity contribution in [2.75, 3.05) is 6.61 Å². The molecule has 0 aliphatic rings. The van der Waals surface area contributed by atoms with Crippen LogP contribution in [0, 0.1) is 27.3 Å². The Bertz CT molecular complexity index is 684. The Morgan fingerprint density at radius 2 is 2.10 bits per heavy atom. The third-order valence-electron chi connectivity index (χ3n) is 2.46. The van der Waals surface area contributed by atoms with Gasteiger partial charge in [0.25, 0.3) is 0 Å². The summed E-state index contributed by atoms with van der Waals surface area (Å²) in [5.41, 5.74) is -0.694. The summed E-state index contributed by atoms with van der Waals surface area (Å²) in [5.74, 6) is -1.61. The number of hydrogen-bond donors (Lipinski definition) is 1. The average Bonchev–Trinajstić information content (AvgIpc) is 2.36. The molecule has 0 amide bonds. The molecule has 0 radical (unpaired) electrons. The highest BCUT2D eigenvalue weighted by Gasteiger charge is 2.24. The van der Waals surface area contributed by atoms with E-state index in [0.717, 1.165) is 0 Å². The maximum Gasteiger partial charge on any atom is 0.312 e. The highest BCUT2D eigenvalue weighted by molar-refractivity contribution is 7.89. The molecular formula is C11H12FN3O5S. The quantitative estimate of drug-likeness (QED) is 0.459. The van der Waals surface area contributed by atoms with Crippen LogP contribution in [0.4, 0.5) is 10.1 Å². The van der Waals surface area contributed by atoms with Gasteiger partial charge in [-0.2, -0.15) is 5.26 Å². The van der Waals surface area contributed by atoms with Crippen LogP contribution in [0.25, 0.3) is 0 Å². The van der Waals surface area contributed by atoms with Crippen LogP contribution in [-0.2, 0) is 10.0 Å². The van der Waals surface area contributed by atoms with Gasteiger partial charge in [0, 0.05) is 18.6 Å². The van der Waals surface area contributed by atoms with Gasteiger partial charge in [-0.1, -0.05) is 0 Å². The number of unbranched alkanes of at least 4 members (excludes halogenated alkanes) is 2. The van der Waals surface area contributed by atoms with Crippen LogP contribution >= 0.6 is 0 Å². The summed E-state index contributed by atoms with van der Waals surface area (Å²) in [4.78, 5) is 9.02. The fourth-order valence-electron chi connectivity index (χ4n) is 1.49. The molecule has 10 heteroatoms. The Kier molecular flexibility index (Phi) is 5.57. The first kappa shape index (κ1) is 16.8. The molecule has 2 N–H and O–H groups in total. The van der Waals surface area contributed by atoms with Gasteiger partial charge >= 0.3 is 5.69 Å². The first-order chi connectivity index (χ1) is 9.77. The summed E-state index contributed by atoms with van der Waals surface area (Å²) in [6.45, 7) is 0.0384. The lowest BCUT2D eigenvalue weighted by molar-refractivity contribution is -0.386. The van der Waals surface area contributed by atoms with Gasteiger partial charge in [-0.05, 0) is 12.8 Å². The number of nitriles is 1. The number of hydrogen-bond acceptors (Lipinski definition) is 6. The molecule has 0 fully saturated rings. The van der Waals surface area contributed by atoms with E-state index in [9.17, 15) is 22.9 Å². The number of rotatable bonds is 7. The number of benzene rings is 1. The zero-order chi connectivity index (χ0) is 16.0. The SMILES string of the molecule is N#CCCCCOc1cc(F)c(S(N)(=O)=O)cc1[N+](=O)[O-]. The fourth-order valence-corrected chi connectivity index (χ4v) is 2.10. The first-order valence-electron chi connectivity index (χ1n) is 5.78. The van der Waals surface area contributed by atoms with Gasteiger partial charge in [0.1, 0.15) is 10.7 Å². The number of nitrogens with zero attached hydrogens (tertiary/aromatic N) is 2. The highest BCUT2D eigenvalue weighted by Crippen LogP contribution is 2.31. The lowest BCUT2D eigenvalue weighted by Crippen LogP contribution is -2.15. The van der Waals surface area contributed by atoms with Crippen molar-refractivity contribution in [2.45, 2.75) is 24.2 Å². The van der Waals surface area contributed by atoms with Gasteiger partial charge in [-0.15, -0.1) is 0 Å². The number of halogens is 1. The smallest absolute Gasteiger partial charge is 0.312 e. The summed E-state index contributed by atoms with van der Waals surface area (Å²) < 4.78 is 40.9. The molecule has 0 saturated carbocycles. The number of ether oxygens (including phenoxy) is 1. The maximum absolute atomic E-state index is 13.6. The zero-order valence-corrected chi connectivity index (χ0v) is 11.6. The van der Waals surface area contributed by atoms with Crippen LogP contribution in [-0.4, -0.2) is 19.9 Å². The van der Waals surface area contributed by atoms with Gasteiger partial charge in [0.2, 0.25) is 10.0 Å². The third-order valence-corrected chi connectivity index (χ3v) is 3.38. The molecule has 21 heavy (non-hydrogen) atoms. The molecule has 0 atom stereocenters. The predicted molar refractivity (Wildman–Crippen MR) is 69.4 cm³/mol. The summed E-state index contributed by atoms with van der Waals surface area (Å²) in [6, 6.07) is 3.06. The molecule has 0 bridgehead atoms. The number of nitrogens with two attached hydrogens (primary N) is 1. The van der Waals surface area contributed by atoms with Crippen molar-refractivity contribution < 1.29 is 22.5 Å². The molecule has 0 aliphatic heterocycles. The Hall–Kier alpha value is -2.25. The minimum Gasteiger partial charge on any atom is -0.487 e. The van der Waals surface area contributed by atoms with Gasteiger partial charge in [0.05, 0.1) is 17.6 Å². The molecule has 0 aromatic heterocycles. The summed E-state index contributed by atoms with van der Waals surface area (Å²) in [7, 11) is -4.41. The van der Waals surface area contributed by atoms with Crippen molar-refractivity contribution in [3.63, 3.8) is 0 Å². The van der Waals surface area contributed by atoms with Gasteiger partial charge < -0.3 is 4.74 Å². The van der Waals surface area contributed by atoms with Crippen molar-refractivity contribution in [1.29, 1.82) is 5.26 Å². The standard InChI is InChI=1S/C11H12FN3O5S/c12-8-6-10(20-5-3-1-2-4-13)9(15(16)17)7-11(8)21(14,18)19/h6-7H,1-3,5H2,(H2,14,18,19). The van der Waals surface area contributed by atoms with Crippen LogP contribution in [0.5, 0.6) is 5.75 Å². The average molecular weight is 317 g/mol. The number of nitro groups is 1. The molecule has 114 valence electrons. The van der Waals surface area contributed by atoms with Crippen LogP contribution in [0.15, 0.2) is 17.0 Å². The summed E-state index contributed by atoms with van der Waals surface area (Å²) >= 11 is 0. The van der Waals surface area contributed by atoms with E-state index in [1.165, 1.54) is 0 Å². The lowest BCUT2D eigenvalue weighted by atomic mass is 10.2. The normalized spacial score (nSPS) is 10.9. The Morgan fingerprint density at radius 3 is 2.62 bits per heavy atom. The van der Waals surface area contributed by atoms with Crippen molar-refractivity contribution in [2.24, 2.45) is 5.14 Å². The summed E-state index contributed by atoms with van der Waals surface area (Å²) in [5, 5.41) is 24.0. The molecule has 0 unspecified atom stereocenters. The van der Waals surface area contributed by atoms with Gasteiger partial charge in [0.15, 0.2) is 5.75 Å². The topological polar surface area (TPSA) is 136 Å². The van der Waals surface area contributed by atoms with E-state index >= 15 is 0 Å². The molecule has 1 rings (SSSR count). The van der Waals surface area contributed by atoms with Crippen molar-refractivity contribution >= 4 is 15.7 Å². The molecule has 1 aromatic carbocycles. The van der Waals surface area contributed by atoms with Crippen LogP contribution < -0.4 is 9.88 Å². The predicted octanol–water partition coefficient (Wildman–Crippen LogP) is 1.45. The number of sulfonamides is 1. The lowest BCUT2D eigenvalue weighted by Gasteiger charge is -2.08. The largest absolute Gasteiger partial charge is 0.487 e. The first-order valence-corrected chi connectivity index (χ1v) is 7.32. The molecular weight excluding hydrogens is 305 g/mol. The second kappa shape index (κ2) is 6.96. The molecule has 1 aromatic rings. The van der Waals surface area contributed by atoms with E-state index in [1.54, 1.807) is 0 Å². The van der Waals surface area contributed by atoms with Crippen molar-refractivity contribution in [1.82, 2.24) is 0 Å². The minimum absolute atomic E-state index is 0.0384. The molecule has 8 nitrogen and oxygen atoms in total. The number of nitro benzene ring substituents is 1. The highest BCUT2D eigenvalue weighted by atomic mass is 32.2. The molecule has 0 aliphatic carbocycles. The van der Waals surface area contributed by atoms with Gasteiger partial charge in [-0.3, -0.25) is 10.1 Å². The second-order valence-electron chi connectivity index (χ2n) is 4.02. The second-order valence-corrected chi connectivity index (χ2v) is 5.55. The third kappa shape index (κ3) is 4.66. The van der Waals surface area contributed by atoms with Crippen molar-refractivity contribution in [3.8, 4) is 11.8 Å². The fraction of sp³-hybridized carbons (Fsp3) is 0.364. The van der Waals surface area contributed by atoms with E-state index in [0.29, 0.717) is 31.4 Å². The van der Waals surface area contributed by atoms with Crippen LogP contribution in [0.2, 0.25) is 0 Å². The Labute approximate surface area is 120 Å². The van der Waals surface area contributed by atoms with E-state index in [4.69, 9.17) is 15.1 Å². The van der Waals surface area contributed by atoms with E-state index in [1.807, 2.05) is 6.07 Å². The van der Waals surface area contributed by atoms with E-state index in [2.05, 4.69) is 0 Å². The number of primary sulfonamides is 1. The Balaban J connectivity index is 3.02. The van der Waals surface area contributed by atoms with E-state index in [-0.39, 0.29) is 12.4 Å². The van der Waals surface area contributed by atoms with Crippen molar-refractivity contribution in [3.05, 3.63) is 28.1 Å². The maximum atomic E-state index is 13.6. The van der Waals surface area contributed by atoms with Crippen LogP contribution in [0.3, 0.4) is 0 Å². The monoisotopic (exact) mass is 317 g/mol. The minimum atomic E-state index is -4.41. The Morgan fingerprint density at radius 1 is 1.43 bits per heavy atom.